The number of imide groups is 1. The maximum atomic E-state index is 13.5. The van der Waals surface area contributed by atoms with E-state index in [0.29, 0.717) is 23.6 Å². The van der Waals surface area contributed by atoms with Gasteiger partial charge >= 0.3 is 11.9 Å². The fourth-order valence-corrected chi connectivity index (χ4v) is 12.1. The van der Waals surface area contributed by atoms with E-state index in [4.69, 9.17) is 9.57 Å². The van der Waals surface area contributed by atoms with Gasteiger partial charge in [0.25, 0.3) is 11.1 Å². The molecule has 0 spiro atoms. The zero-order chi connectivity index (χ0) is 32.8. The van der Waals surface area contributed by atoms with Crippen molar-refractivity contribution in [2.45, 2.75) is 113 Å². The number of methoxy groups -OCH3 is 1. The Bertz CT molecular complexity index is 1440. The second kappa shape index (κ2) is 10.5. The number of oxime groups is 1. The third-order valence-corrected chi connectivity index (χ3v) is 15.0. The lowest BCUT2D eigenvalue weighted by Crippen LogP contribution is -2.64. The van der Waals surface area contributed by atoms with Gasteiger partial charge in [-0.25, -0.2) is 4.79 Å². The fraction of sp³-hybridized carbons (Fsp3) is 0.750. The van der Waals surface area contributed by atoms with Crippen molar-refractivity contribution in [3.8, 4) is 0 Å². The predicted octanol–water partition coefficient (Wildman–Crippen LogP) is 7.73. The lowest BCUT2D eigenvalue weighted by Gasteiger charge is -2.70. The molecular weight excluding hydrogens is 588 g/mol. The molecule has 4 saturated carbocycles. The van der Waals surface area contributed by atoms with E-state index in [1.807, 2.05) is 0 Å². The van der Waals surface area contributed by atoms with Gasteiger partial charge in [0.05, 0.1) is 23.1 Å². The number of amides is 2. The molecule has 1 heterocycles. The van der Waals surface area contributed by atoms with Crippen LogP contribution >= 0.6 is 11.8 Å². The van der Waals surface area contributed by atoms with Crippen LogP contribution in [0.1, 0.15) is 113 Å². The highest BCUT2D eigenvalue weighted by molar-refractivity contribution is 8.18. The van der Waals surface area contributed by atoms with Gasteiger partial charge in [-0.1, -0.05) is 65.3 Å². The molecule has 5 fully saturated rings. The maximum Gasteiger partial charge on any atom is 0.359 e. The van der Waals surface area contributed by atoms with Crippen molar-refractivity contribution in [1.82, 2.24) is 5.32 Å². The molecule has 2 amide bonds. The Hall–Kier alpha value is -2.42. The molecule has 7 atom stereocenters. The molecule has 0 aromatic heterocycles. The molecule has 0 aromatic carbocycles. The number of hydrogen-bond donors (Lipinski definition) is 1. The Morgan fingerprint density at radius 1 is 0.978 bits per heavy atom. The number of esters is 1. The normalized spacial score (nSPS) is 43.3. The quantitative estimate of drug-likeness (QED) is 0.111. The van der Waals surface area contributed by atoms with Crippen LogP contribution in [0, 0.1) is 50.2 Å². The van der Waals surface area contributed by atoms with Crippen molar-refractivity contribution >= 4 is 40.6 Å². The number of hydrogen-bond acceptors (Lipinski definition) is 8. The van der Waals surface area contributed by atoms with Gasteiger partial charge in [0.1, 0.15) is 0 Å². The van der Waals surface area contributed by atoms with Crippen molar-refractivity contribution in [2.24, 2.45) is 55.4 Å². The summed E-state index contributed by atoms with van der Waals surface area (Å²) >= 11 is 0.688. The minimum atomic E-state index is -0.751. The number of ether oxygens (including phenoxy) is 1. The summed E-state index contributed by atoms with van der Waals surface area (Å²) in [4.78, 5) is 54.7. The van der Waals surface area contributed by atoms with E-state index in [0.717, 1.165) is 76.0 Å². The molecule has 0 radical (unpaired) electrons. The van der Waals surface area contributed by atoms with Crippen LogP contribution in [0.5, 0.6) is 0 Å². The number of rotatable bonds is 3. The van der Waals surface area contributed by atoms with E-state index in [9.17, 15) is 19.2 Å². The predicted molar refractivity (Wildman–Crippen MR) is 174 cm³/mol. The average molecular weight is 639 g/mol. The van der Waals surface area contributed by atoms with Crippen LogP contribution in [0.2, 0.25) is 0 Å². The van der Waals surface area contributed by atoms with E-state index in [2.05, 4.69) is 65.0 Å². The Morgan fingerprint density at radius 3 is 2.36 bits per heavy atom. The number of carbonyl (C=O) groups is 4. The Morgan fingerprint density at radius 2 is 1.69 bits per heavy atom. The summed E-state index contributed by atoms with van der Waals surface area (Å²) in [6.07, 6.45) is 13.4. The molecule has 6 aliphatic rings. The van der Waals surface area contributed by atoms with E-state index in [1.165, 1.54) is 5.57 Å². The number of carbonyl (C=O) groups excluding carboxylic acids is 4. The maximum absolute atomic E-state index is 13.5. The first-order valence-corrected chi connectivity index (χ1v) is 17.6. The SMILES string of the molecule is COC(=O)[C@]12CCC(C)(C)C[C@H]1C1=CC[C@@H]3[C@@]4(C)CC/C(=N\OC(=O)/C=C5/SC(=O)NC5=O)C(C)(C)[C@@H]4CC[C@@]3(C)[C@]1(C)CC2. The molecule has 5 aliphatic carbocycles. The van der Waals surface area contributed by atoms with Crippen molar-refractivity contribution < 1.29 is 28.8 Å². The smallest absolute Gasteiger partial charge is 0.359 e. The number of thioether (sulfide) groups is 1. The van der Waals surface area contributed by atoms with Crippen LogP contribution in [0.25, 0.3) is 0 Å². The van der Waals surface area contributed by atoms with Crippen molar-refractivity contribution in [3.05, 3.63) is 22.6 Å². The lowest BCUT2D eigenvalue weighted by molar-refractivity contribution is -0.181. The summed E-state index contributed by atoms with van der Waals surface area (Å²) in [5.74, 6) is -0.263. The van der Waals surface area contributed by atoms with Crippen LogP contribution in [-0.2, 0) is 24.0 Å². The van der Waals surface area contributed by atoms with Gasteiger partial charge in [-0.15, -0.1) is 0 Å². The zero-order valence-corrected chi connectivity index (χ0v) is 29.1. The van der Waals surface area contributed by atoms with Crippen molar-refractivity contribution in [3.63, 3.8) is 0 Å². The van der Waals surface area contributed by atoms with Crippen molar-refractivity contribution in [2.75, 3.05) is 7.11 Å². The minimum Gasteiger partial charge on any atom is -0.469 e. The highest BCUT2D eigenvalue weighted by Gasteiger charge is 2.69. The zero-order valence-electron chi connectivity index (χ0n) is 28.3. The van der Waals surface area contributed by atoms with Crippen LogP contribution < -0.4 is 5.32 Å². The van der Waals surface area contributed by atoms with E-state index < -0.39 is 22.5 Å². The molecule has 0 bridgehead atoms. The van der Waals surface area contributed by atoms with E-state index in [-0.39, 0.29) is 43.9 Å². The molecule has 1 aliphatic heterocycles. The summed E-state index contributed by atoms with van der Waals surface area (Å²) in [5.41, 5.74) is 2.13. The summed E-state index contributed by atoms with van der Waals surface area (Å²) < 4.78 is 5.51. The molecule has 6 rings (SSSR count). The summed E-state index contributed by atoms with van der Waals surface area (Å²) in [7, 11) is 1.56. The molecule has 45 heavy (non-hydrogen) atoms. The highest BCUT2D eigenvalue weighted by Crippen LogP contribution is 2.75. The van der Waals surface area contributed by atoms with Crippen LogP contribution in [-0.4, -0.2) is 35.9 Å². The number of nitrogens with one attached hydrogen (secondary N) is 1. The van der Waals surface area contributed by atoms with Crippen LogP contribution in [0.15, 0.2) is 27.8 Å². The first-order chi connectivity index (χ1) is 20.9. The molecule has 0 aromatic rings. The minimum absolute atomic E-state index is 0.00890. The Kier molecular flexibility index (Phi) is 7.62. The number of allylic oxidation sites excluding steroid dienone is 2. The van der Waals surface area contributed by atoms with Crippen LogP contribution in [0.4, 0.5) is 4.79 Å². The van der Waals surface area contributed by atoms with Gasteiger partial charge in [-0.3, -0.25) is 19.7 Å². The third kappa shape index (κ3) is 4.71. The number of fused-ring (bicyclic) bond motifs is 7. The topological polar surface area (TPSA) is 111 Å². The van der Waals surface area contributed by atoms with Gasteiger partial charge in [0.2, 0.25) is 0 Å². The first-order valence-electron chi connectivity index (χ1n) is 16.8. The molecule has 8 nitrogen and oxygen atoms in total. The molecule has 0 unspecified atom stereocenters. The van der Waals surface area contributed by atoms with E-state index in [1.54, 1.807) is 7.11 Å². The van der Waals surface area contributed by atoms with E-state index >= 15 is 0 Å². The van der Waals surface area contributed by atoms with Gasteiger partial charge in [0.15, 0.2) is 0 Å². The Labute approximate surface area is 271 Å². The molecule has 1 saturated heterocycles. The summed E-state index contributed by atoms with van der Waals surface area (Å²) in [6, 6.07) is 0. The summed E-state index contributed by atoms with van der Waals surface area (Å²) in [6.45, 7) is 16.8. The molecule has 1 N–H and O–H groups in total. The molecule has 246 valence electrons. The van der Waals surface area contributed by atoms with Gasteiger partial charge in [-0.2, -0.15) is 0 Å². The van der Waals surface area contributed by atoms with Crippen LogP contribution in [0.3, 0.4) is 0 Å². The first kappa shape index (κ1) is 32.5. The molecular formula is C36H50N2O6S. The largest absolute Gasteiger partial charge is 0.469 e. The summed E-state index contributed by atoms with van der Waals surface area (Å²) in [5, 5.41) is 6.02. The monoisotopic (exact) mass is 638 g/mol. The second-order valence-corrected chi connectivity index (χ2v) is 17.9. The molecule has 9 heteroatoms. The van der Waals surface area contributed by atoms with Crippen molar-refractivity contribution in [1.29, 1.82) is 0 Å². The van der Waals surface area contributed by atoms with Gasteiger partial charge in [-0.05, 0) is 115 Å². The van der Waals surface area contributed by atoms with Gasteiger partial charge in [0, 0.05) is 11.5 Å². The number of nitrogens with zero attached hydrogens (tertiary/aromatic N) is 1. The highest BCUT2D eigenvalue weighted by atomic mass is 32.2. The third-order valence-electron chi connectivity index (χ3n) is 14.1. The second-order valence-electron chi connectivity index (χ2n) is 16.9. The lowest BCUT2D eigenvalue weighted by atomic mass is 9.33. The fourth-order valence-electron chi connectivity index (χ4n) is 11.4. The standard InChI is InChI=1S/C36H50N2O6S/c1-31(2)15-17-36(29(41)43-8)18-16-34(6)21(22(36)20-31)9-10-25-33(5)13-12-26(32(3,4)24(33)11-14-35(25,34)7)38-44-27(39)19-23-28(40)37-30(42)45-23/h9,19,22,24-25H,10-18,20H2,1-8H3,(H,37,40,42)/b23-19+,38-26+/t22-,24-,25+,33-,34+,35+,36-/m0/s1. The van der Waals surface area contributed by atoms with Gasteiger partial charge < -0.3 is 9.57 Å². The average Bonchev–Trinajstić information content (AvgIpc) is 3.27. The Balaban J connectivity index is 1.29.